The first-order valence-electron chi connectivity index (χ1n) is 7.39. The van der Waals surface area contributed by atoms with Gasteiger partial charge in [-0.25, -0.2) is 8.42 Å². The molecule has 21 heavy (non-hydrogen) atoms. The average molecular weight is 311 g/mol. The van der Waals surface area contributed by atoms with Crippen LogP contribution in [0.3, 0.4) is 0 Å². The number of nitrogens with one attached hydrogen (secondary N) is 2. The highest BCUT2D eigenvalue weighted by Gasteiger charge is 2.21. The van der Waals surface area contributed by atoms with Crippen LogP contribution in [-0.4, -0.2) is 40.9 Å². The summed E-state index contributed by atoms with van der Waals surface area (Å²) in [4.78, 5) is 1.98. The number of hydrogen-bond donors (Lipinski definition) is 2. The third-order valence-electron chi connectivity index (χ3n) is 3.80. The van der Waals surface area contributed by atoms with Crippen molar-refractivity contribution in [3.05, 3.63) is 23.8 Å². The zero-order valence-corrected chi connectivity index (χ0v) is 13.8. The number of piperidine rings is 1. The Hall–Kier alpha value is -1.27. The SMILES string of the molecule is Cc1ccc(NS(=O)(=O)CC2CCCCN2)cc1N(C)C. The van der Waals surface area contributed by atoms with Crippen LogP contribution in [0.2, 0.25) is 0 Å². The standard InChI is InChI=1S/C15H25N3O2S/c1-12-7-8-13(10-15(12)18(2)3)17-21(19,20)11-14-6-4-5-9-16-14/h7-8,10,14,16-17H,4-6,9,11H2,1-3H3. The topological polar surface area (TPSA) is 61.4 Å². The van der Waals surface area contributed by atoms with Gasteiger partial charge in [-0.05, 0) is 44.0 Å². The van der Waals surface area contributed by atoms with Gasteiger partial charge in [0.2, 0.25) is 10.0 Å². The van der Waals surface area contributed by atoms with Crippen molar-refractivity contribution in [2.45, 2.75) is 32.2 Å². The molecule has 1 unspecified atom stereocenters. The molecule has 1 aliphatic heterocycles. The average Bonchev–Trinajstić information content (AvgIpc) is 2.41. The van der Waals surface area contributed by atoms with E-state index in [4.69, 9.17) is 0 Å². The fraction of sp³-hybridized carbons (Fsp3) is 0.600. The molecular weight excluding hydrogens is 286 g/mol. The van der Waals surface area contributed by atoms with Crippen LogP contribution in [0, 0.1) is 6.92 Å². The smallest absolute Gasteiger partial charge is 0.234 e. The van der Waals surface area contributed by atoms with E-state index in [1.807, 2.05) is 44.1 Å². The summed E-state index contributed by atoms with van der Waals surface area (Å²) in [5, 5.41) is 3.27. The van der Waals surface area contributed by atoms with E-state index in [-0.39, 0.29) is 11.8 Å². The predicted molar refractivity (Wildman–Crippen MR) is 88.6 cm³/mol. The van der Waals surface area contributed by atoms with Crippen molar-refractivity contribution in [2.75, 3.05) is 36.0 Å². The molecule has 0 aromatic heterocycles. The molecule has 1 heterocycles. The van der Waals surface area contributed by atoms with E-state index in [2.05, 4.69) is 10.0 Å². The van der Waals surface area contributed by atoms with Gasteiger partial charge in [0.15, 0.2) is 0 Å². The summed E-state index contributed by atoms with van der Waals surface area (Å²) < 4.78 is 27.2. The van der Waals surface area contributed by atoms with E-state index in [0.29, 0.717) is 5.69 Å². The number of aryl methyl sites for hydroxylation is 1. The predicted octanol–water partition coefficient (Wildman–Crippen LogP) is 1.94. The maximum absolute atomic E-state index is 12.3. The third-order valence-corrected chi connectivity index (χ3v) is 5.19. The van der Waals surface area contributed by atoms with E-state index < -0.39 is 10.0 Å². The summed E-state index contributed by atoms with van der Waals surface area (Å²) >= 11 is 0. The second-order valence-electron chi connectivity index (χ2n) is 5.93. The van der Waals surface area contributed by atoms with Gasteiger partial charge in [0.1, 0.15) is 0 Å². The number of benzene rings is 1. The number of sulfonamides is 1. The number of rotatable bonds is 5. The molecule has 5 nitrogen and oxygen atoms in total. The van der Waals surface area contributed by atoms with Crippen LogP contribution in [0.4, 0.5) is 11.4 Å². The summed E-state index contributed by atoms with van der Waals surface area (Å²) in [5.74, 6) is 0.137. The molecule has 1 aromatic rings. The second-order valence-corrected chi connectivity index (χ2v) is 7.69. The Morgan fingerprint density at radius 3 is 2.71 bits per heavy atom. The van der Waals surface area contributed by atoms with Crippen molar-refractivity contribution in [3.8, 4) is 0 Å². The van der Waals surface area contributed by atoms with Gasteiger partial charge in [-0.2, -0.15) is 0 Å². The molecule has 1 atom stereocenters. The molecule has 0 amide bonds. The molecule has 2 rings (SSSR count). The first-order chi connectivity index (χ1) is 9.87. The Morgan fingerprint density at radius 1 is 1.33 bits per heavy atom. The normalized spacial score (nSPS) is 19.3. The monoisotopic (exact) mass is 311 g/mol. The molecule has 1 aromatic carbocycles. The Balaban J connectivity index is 2.07. The van der Waals surface area contributed by atoms with Crippen LogP contribution in [0.1, 0.15) is 24.8 Å². The molecule has 6 heteroatoms. The van der Waals surface area contributed by atoms with Crippen LogP contribution in [0.25, 0.3) is 0 Å². The maximum atomic E-state index is 12.3. The van der Waals surface area contributed by atoms with Gasteiger partial charge in [0, 0.05) is 25.8 Å². The summed E-state index contributed by atoms with van der Waals surface area (Å²) in [6.07, 6.45) is 3.16. The van der Waals surface area contributed by atoms with E-state index in [1.165, 1.54) is 0 Å². The lowest BCUT2D eigenvalue weighted by atomic mass is 10.1. The summed E-state index contributed by atoms with van der Waals surface area (Å²) in [5.41, 5.74) is 2.77. The minimum atomic E-state index is -3.32. The van der Waals surface area contributed by atoms with Gasteiger partial charge < -0.3 is 10.2 Å². The molecule has 1 aliphatic rings. The lowest BCUT2D eigenvalue weighted by Crippen LogP contribution is -2.40. The first-order valence-corrected chi connectivity index (χ1v) is 9.04. The lowest BCUT2D eigenvalue weighted by Gasteiger charge is -2.23. The van der Waals surface area contributed by atoms with Gasteiger partial charge >= 0.3 is 0 Å². The molecule has 118 valence electrons. The number of nitrogens with zero attached hydrogens (tertiary/aromatic N) is 1. The summed E-state index contributed by atoms with van der Waals surface area (Å²) in [7, 11) is 0.581. The fourth-order valence-corrected chi connectivity index (χ4v) is 4.09. The van der Waals surface area contributed by atoms with Gasteiger partial charge in [-0.1, -0.05) is 12.5 Å². The first kappa shape index (κ1) is 16.1. The molecule has 0 spiro atoms. The Morgan fingerprint density at radius 2 is 2.10 bits per heavy atom. The Kier molecular flexibility index (Phi) is 5.11. The lowest BCUT2D eigenvalue weighted by molar-refractivity contribution is 0.424. The van der Waals surface area contributed by atoms with Crippen molar-refractivity contribution in [1.82, 2.24) is 5.32 Å². The molecule has 0 radical (unpaired) electrons. The van der Waals surface area contributed by atoms with Gasteiger partial charge in [-0.15, -0.1) is 0 Å². The van der Waals surface area contributed by atoms with Crippen molar-refractivity contribution < 1.29 is 8.42 Å². The van der Waals surface area contributed by atoms with Crippen LogP contribution in [0.15, 0.2) is 18.2 Å². The number of anilines is 2. The highest BCUT2D eigenvalue weighted by Crippen LogP contribution is 2.23. The molecule has 1 saturated heterocycles. The van der Waals surface area contributed by atoms with Gasteiger partial charge in [0.25, 0.3) is 0 Å². The van der Waals surface area contributed by atoms with Crippen LogP contribution < -0.4 is 14.9 Å². The molecule has 0 aliphatic carbocycles. The zero-order chi connectivity index (χ0) is 15.5. The van der Waals surface area contributed by atoms with Gasteiger partial charge in [0.05, 0.1) is 11.4 Å². The zero-order valence-electron chi connectivity index (χ0n) is 13.0. The minimum Gasteiger partial charge on any atom is -0.377 e. The molecule has 1 fully saturated rings. The highest BCUT2D eigenvalue weighted by atomic mass is 32.2. The van der Waals surface area contributed by atoms with Crippen LogP contribution in [0.5, 0.6) is 0 Å². The van der Waals surface area contributed by atoms with Crippen molar-refractivity contribution in [2.24, 2.45) is 0 Å². The third kappa shape index (κ3) is 4.61. The largest absolute Gasteiger partial charge is 0.377 e. The maximum Gasteiger partial charge on any atom is 0.234 e. The van der Waals surface area contributed by atoms with Gasteiger partial charge in [-0.3, -0.25) is 4.72 Å². The molecule has 0 bridgehead atoms. The molecular formula is C15H25N3O2S. The second kappa shape index (κ2) is 6.66. The summed E-state index contributed by atoms with van der Waals surface area (Å²) in [6.45, 7) is 2.93. The van der Waals surface area contributed by atoms with Crippen molar-refractivity contribution in [1.29, 1.82) is 0 Å². The molecule has 0 saturated carbocycles. The number of hydrogen-bond acceptors (Lipinski definition) is 4. The van der Waals surface area contributed by atoms with Crippen LogP contribution in [-0.2, 0) is 10.0 Å². The highest BCUT2D eigenvalue weighted by molar-refractivity contribution is 7.92. The van der Waals surface area contributed by atoms with Crippen molar-refractivity contribution >= 4 is 21.4 Å². The summed E-state index contributed by atoms with van der Waals surface area (Å²) in [6, 6.07) is 5.69. The Bertz CT molecular complexity index is 579. The Labute approximate surface area is 127 Å². The quantitative estimate of drug-likeness (QED) is 0.872. The van der Waals surface area contributed by atoms with E-state index in [9.17, 15) is 8.42 Å². The van der Waals surface area contributed by atoms with E-state index in [0.717, 1.165) is 37.1 Å². The van der Waals surface area contributed by atoms with Crippen molar-refractivity contribution in [3.63, 3.8) is 0 Å². The minimum absolute atomic E-state index is 0.0648. The van der Waals surface area contributed by atoms with Crippen LogP contribution >= 0.6 is 0 Å². The fourth-order valence-electron chi connectivity index (χ4n) is 2.71. The van der Waals surface area contributed by atoms with E-state index >= 15 is 0 Å². The van der Waals surface area contributed by atoms with E-state index in [1.54, 1.807) is 0 Å². The molecule has 2 N–H and O–H groups in total.